The Bertz CT molecular complexity index is 330. The van der Waals surface area contributed by atoms with Crippen LogP contribution in [0.15, 0.2) is 30.3 Å². The maximum absolute atomic E-state index is 10.3. The Morgan fingerprint density at radius 2 is 1.78 bits per heavy atom. The van der Waals surface area contributed by atoms with Crippen molar-refractivity contribution in [3.8, 4) is 0 Å². The molecule has 1 unspecified atom stereocenters. The summed E-state index contributed by atoms with van der Waals surface area (Å²) in [5, 5.41) is 10.3. The minimum atomic E-state index is -0.135. The summed E-state index contributed by atoms with van der Waals surface area (Å²) in [4.78, 5) is 0. The van der Waals surface area contributed by atoms with E-state index < -0.39 is 0 Å². The lowest BCUT2D eigenvalue weighted by Crippen LogP contribution is -2.28. The smallest absolute Gasteiger partial charge is 0.0571 e. The lowest BCUT2D eigenvalue weighted by Gasteiger charge is -2.31. The zero-order valence-electron chi connectivity index (χ0n) is 11.1. The molecule has 100 valence electrons. The highest BCUT2D eigenvalue weighted by atomic mass is 16.3. The fraction of sp³-hybridized carbons (Fsp3) is 0.625. The molecule has 0 bridgehead atoms. The van der Waals surface area contributed by atoms with Crippen LogP contribution in [0.4, 0.5) is 0 Å². The summed E-state index contributed by atoms with van der Waals surface area (Å²) in [5.41, 5.74) is 7.02. The number of benzene rings is 1. The molecule has 2 rings (SSSR count). The van der Waals surface area contributed by atoms with E-state index in [1.165, 1.54) is 18.4 Å². The third-order valence-electron chi connectivity index (χ3n) is 4.34. The maximum atomic E-state index is 10.3. The summed E-state index contributed by atoms with van der Waals surface area (Å²) in [5.74, 6) is 1.19. The van der Waals surface area contributed by atoms with Gasteiger partial charge in [-0.25, -0.2) is 0 Å². The van der Waals surface area contributed by atoms with Crippen LogP contribution in [0.2, 0.25) is 0 Å². The maximum Gasteiger partial charge on any atom is 0.0571 e. The highest BCUT2D eigenvalue weighted by Gasteiger charge is 2.25. The Morgan fingerprint density at radius 1 is 1.11 bits per heavy atom. The van der Waals surface area contributed by atoms with Crippen molar-refractivity contribution in [3.05, 3.63) is 35.9 Å². The van der Waals surface area contributed by atoms with Crippen LogP contribution in [0.3, 0.4) is 0 Å². The van der Waals surface area contributed by atoms with E-state index in [1.807, 2.05) is 6.07 Å². The lowest BCUT2D eigenvalue weighted by molar-refractivity contribution is 0.0680. The average Bonchev–Trinajstić information content (AvgIpc) is 2.46. The molecule has 1 aliphatic rings. The molecule has 1 aromatic carbocycles. The van der Waals surface area contributed by atoms with Gasteiger partial charge >= 0.3 is 0 Å². The predicted molar refractivity (Wildman–Crippen MR) is 75.3 cm³/mol. The quantitative estimate of drug-likeness (QED) is 0.840. The molecule has 2 nitrogen and oxygen atoms in total. The second-order valence-electron chi connectivity index (χ2n) is 5.61. The minimum Gasteiger partial charge on any atom is -0.393 e. The van der Waals surface area contributed by atoms with Gasteiger partial charge in [-0.1, -0.05) is 30.3 Å². The van der Waals surface area contributed by atoms with Gasteiger partial charge in [0, 0.05) is 0 Å². The van der Waals surface area contributed by atoms with Crippen LogP contribution >= 0.6 is 0 Å². The van der Waals surface area contributed by atoms with E-state index in [1.54, 1.807) is 0 Å². The van der Waals surface area contributed by atoms with Gasteiger partial charge in [-0.2, -0.15) is 0 Å². The Kier molecular flexibility index (Phi) is 5.21. The third kappa shape index (κ3) is 3.82. The first-order chi connectivity index (χ1) is 8.79. The predicted octanol–water partition coefficient (Wildman–Crippen LogP) is 2.75. The van der Waals surface area contributed by atoms with Crippen molar-refractivity contribution in [2.75, 3.05) is 6.54 Å². The second kappa shape index (κ2) is 6.91. The van der Waals surface area contributed by atoms with Gasteiger partial charge in [0.25, 0.3) is 0 Å². The Hall–Kier alpha value is -0.860. The molecule has 1 aromatic rings. The van der Waals surface area contributed by atoms with Crippen molar-refractivity contribution < 1.29 is 5.11 Å². The van der Waals surface area contributed by atoms with Crippen molar-refractivity contribution in [1.29, 1.82) is 0 Å². The topological polar surface area (TPSA) is 46.2 Å². The number of aryl methyl sites for hydroxylation is 1. The van der Waals surface area contributed by atoms with E-state index in [0.717, 1.165) is 32.2 Å². The van der Waals surface area contributed by atoms with E-state index >= 15 is 0 Å². The highest BCUT2D eigenvalue weighted by Crippen LogP contribution is 2.31. The first kappa shape index (κ1) is 13.6. The van der Waals surface area contributed by atoms with Gasteiger partial charge in [0.2, 0.25) is 0 Å². The molecule has 0 aromatic heterocycles. The molecule has 2 heteroatoms. The lowest BCUT2D eigenvalue weighted by atomic mass is 9.78. The van der Waals surface area contributed by atoms with Crippen molar-refractivity contribution in [2.24, 2.45) is 17.6 Å². The normalized spacial score (nSPS) is 25.9. The molecule has 1 saturated carbocycles. The zero-order chi connectivity index (χ0) is 12.8. The molecule has 1 fully saturated rings. The zero-order valence-corrected chi connectivity index (χ0v) is 11.1. The average molecular weight is 247 g/mol. The number of rotatable bonds is 5. The van der Waals surface area contributed by atoms with E-state index in [9.17, 15) is 5.11 Å². The number of aliphatic hydroxyl groups is 1. The van der Waals surface area contributed by atoms with Crippen LogP contribution in [0.1, 0.15) is 37.7 Å². The molecule has 0 radical (unpaired) electrons. The molecular weight excluding hydrogens is 222 g/mol. The number of nitrogens with two attached hydrogens (primary N) is 1. The van der Waals surface area contributed by atoms with Gasteiger partial charge in [0.1, 0.15) is 0 Å². The van der Waals surface area contributed by atoms with Gasteiger partial charge in [0.15, 0.2) is 0 Å². The Labute approximate surface area is 110 Å². The summed E-state index contributed by atoms with van der Waals surface area (Å²) < 4.78 is 0. The second-order valence-corrected chi connectivity index (χ2v) is 5.61. The van der Waals surface area contributed by atoms with Gasteiger partial charge in [-0.05, 0) is 62.5 Å². The third-order valence-corrected chi connectivity index (χ3v) is 4.34. The van der Waals surface area contributed by atoms with Gasteiger partial charge in [0.05, 0.1) is 6.10 Å². The van der Waals surface area contributed by atoms with Crippen LogP contribution in [0.25, 0.3) is 0 Å². The van der Waals surface area contributed by atoms with E-state index in [-0.39, 0.29) is 6.10 Å². The van der Waals surface area contributed by atoms with E-state index in [2.05, 4.69) is 24.3 Å². The van der Waals surface area contributed by atoms with E-state index in [0.29, 0.717) is 11.8 Å². The van der Waals surface area contributed by atoms with E-state index in [4.69, 9.17) is 5.73 Å². The monoisotopic (exact) mass is 247 g/mol. The van der Waals surface area contributed by atoms with Crippen LogP contribution in [0, 0.1) is 11.8 Å². The largest absolute Gasteiger partial charge is 0.393 e. The number of hydrogen-bond donors (Lipinski definition) is 2. The van der Waals surface area contributed by atoms with Crippen LogP contribution in [0.5, 0.6) is 0 Å². The van der Waals surface area contributed by atoms with Crippen molar-refractivity contribution in [1.82, 2.24) is 0 Å². The molecule has 3 N–H and O–H groups in total. The van der Waals surface area contributed by atoms with Crippen LogP contribution in [-0.4, -0.2) is 17.8 Å². The summed E-state index contributed by atoms with van der Waals surface area (Å²) >= 11 is 0. The Morgan fingerprint density at radius 3 is 2.39 bits per heavy atom. The minimum absolute atomic E-state index is 0.135. The molecule has 1 aliphatic carbocycles. The molecular formula is C16H25NO. The van der Waals surface area contributed by atoms with Gasteiger partial charge in [-0.15, -0.1) is 0 Å². The summed E-state index contributed by atoms with van der Waals surface area (Å²) in [6.45, 7) is 0.812. The van der Waals surface area contributed by atoms with Gasteiger partial charge in [-0.3, -0.25) is 0 Å². The molecule has 0 spiro atoms. The highest BCUT2D eigenvalue weighted by molar-refractivity contribution is 5.14. The SMILES string of the molecule is NC[C@H]1CC[C@@H](C(O)CCc2ccccc2)CC1. The summed E-state index contributed by atoms with van der Waals surface area (Å²) in [6, 6.07) is 10.4. The first-order valence-electron chi connectivity index (χ1n) is 7.21. The van der Waals surface area contributed by atoms with Crippen molar-refractivity contribution in [3.63, 3.8) is 0 Å². The Balaban J connectivity index is 1.73. The van der Waals surface area contributed by atoms with Crippen LogP contribution in [-0.2, 0) is 6.42 Å². The molecule has 18 heavy (non-hydrogen) atoms. The number of hydrogen-bond acceptors (Lipinski definition) is 2. The van der Waals surface area contributed by atoms with Crippen LogP contribution < -0.4 is 5.73 Å². The molecule has 1 atom stereocenters. The molecule has 0 aliphatic heterocycles. The van der Waals surface area contributed by atoms with Gasteiger partial charge < -0.3 is 10.8 Å². The summed E-state index contributed by atoms with van der Waals surface area (Å²) in [7, 11) is 0. The fourth-order valence-electron chi connectivity index (χ4n) is 3.00. The van der Waals surface area contributed by atoms with Crippen molar-refractivity contribution >= 4 is 0 Å². The standard InChI is InChI=1S/C16H25NO/c17-12-14-6-9-15(10-7-14)16(18)11-8-13-4-2-1-3-5-13/h1-5,14-16,18H,6-12,17H2/t14-,15+,16?. The molecule has 0 heterocycles. The molecule has 0 saturated heterocycles. The van der Waals surface area contributed by atoms with Crippen molar-refractivity contribution in [2.45, 2.75) is 44.6 Å². The fourth-order valence-corrected chi connectivity index (χ4v) is 3.00. The first-order valence-corrected chi connectivity index (χ1v) is 7.21. The number of aliphatic hydroxyl groups excluding tert-OH is 1. The summed E-state index contributed by atoms with van der Waals surface area (Å²) in [6.07, 6.45) is 6.44. The molecule has 0 amide bonds.